The van der Waals surface area contributed by atoms with Crippen LogP contribution < -0.4 is 25.2 Å². The SMILES string of the molecule is COc1cc(F)cc2c(O[C@@H]3C[C@@H](C(N)=O)N(C(=O)[C@@H](NC(=O)OC(C)(C)C(F)(F)F)[C@H](C)C[C@H](C)CC/C=C\[C@@H]4CCCC4C(=O)NS(=O)(=O)C4(C)CC4)C3)nccc12. The molecule has 0 radical (unpaired) electrons. The Hall–Kier alpha value is -4.68. The summed E-state index contributed by atoms with van der Waals surface area (Å²) in [7, 11) is -2.38. The molecule has 0 bridgehead atoms. The maximum Gasteiger partial charge on any atom is 0.427 e. The largest absolute Gasteiger partial charge is 0.496 e. The molecular formula is C41H55F4N5O9S. The van der Waals surface area contributed by atoms with Crippen LogP contribution in [0.25, 0.3) is 10.8 Å². The lowest BCUT2D eigenvalue weighted by Crippen LogP contribution is -2.56. The van der Waals surface area contributed by atoms with E-state index < -0.39 is 86.2 Å². The molecule has 332 valence electrons. The molecule has 2 aromatic rings. The Bertz CT molecular complexity index is 2080. The number of hydrogen-bond acceptors (Lipinski definition) is 10. The van der Waals surface area contributed by atoms with Crippen LogP contribution in [0.4, 0.5) is 22.4 Å². The fourth-order valence-corrected chi connectivity index (χ4v) is 9.24. The highest BCUT2D eigenvalue weighted by atomic mass is 32.2. The number of rotatable bonds is 17. The van der Waals surface area contributed by atoms with Crippen molar-refractivity contribution in [1.29, 1.82) is 0 Å². The van der Waals surface area contributed by atoms with E-state index in [1.54, 1.807) is 19.9 Å². The highest BCUT2D eigenvalue weighted by Gasteiger charge is 2.53. The molecule has 5 rings (SSSR count). The van der Waals surface area contributed by atoms with Gasteiger partial charge in [-0.1, -0.05) is 32.4 Å². The smallest absolute Gasteiger partial charge is 0.427 e. The fourth-order valence-electron chi connectivity index (χ4n) is 7.94. The number of alkyl halides is 3. The number of nitrogens with two attached hydrogens (primary N) is 1. The number of fused-ring (bicyclic) bond motifs is 1. The second-order valence-corrected chi connectivity index (χ2v) is 19.4. The maximum absolute atomic E-state index is 14.5. The number of alkyl carbamates (subject to hydrolysis) is 1. The summed E-state index contributed by atoms with van der Waals surface area (Å²) < 4.78 is 98.4. The summed E-state index contributed by atoms with van der Waals surface area (Å²) in [4.78, 5) is 58.5. The Balaban J connectivity index is 1.27. The molecule has 2 heterocycles. The number of nitrogens with zero attached hydrogens (tertiary/aromatic N) is 2. The summed E-state index contributed by atoms with van der Waals surface area (Å²) in [5.41, 5.74) is 2.84. The van der Waals surface area contributed by atoms with Crippen LogP contribution in [0.2, 0.25) is 0 Å². The summed E-state index contributed by atoms with van der Waals surface area (Å²) in [6.07, 6.45) is 2.46. The molecule has 14 nitrogen and oxygen atoms in total. The molecule has 1 aromatic carbocycles. The zero-order chi connectivity index (χ0) is 44.4. The molecule has 3 aliphatic rings. The number of allylic oxidation sites excluding steroid dienone is 2. The Morgan fingerprint density at radius 3 is 2.45 bits per heavy atom. The lowest BCUT2D eigenvalue weighted by atomic mass is 9.87. The van der Waals surface area contributed by atoms with Crippen molar-refractivity contribution in [2.75, 3.05) is 13.7 Å². The van der Waals surface area contributed by atoms with Crippen molar-refractivity contribution in [2.45, 2.75) is 127 Å². The lowest BCUT2D eigenvalue weighted by Gasteiger charge is -2.33. The third-order valence-corrected chi connectivity index (χ3v) is 14.2. The predicted octanol–water partition coefficient (Wildman–Crippen LogP) is 6.07. The monoisotopic (exact) mass is 869 g/mol. The molecule has 3 fully saturated rings. The van der Waals surface area contributed by atoms with E-state index in [1.165, 1.54) is 25.4 Å². The lowest BCUT2D eigenvalue weighted by molar-refractivity contribution is -0.244. The van der Waals surface area contributed by atoms with Gasteiger partial charge in [0.25, 0.3) is 0 Å². The number of benzene rings is 1. The number of carbonyl (C=O) groups is 4. The molecule has 1 aromatic heterocycles. The van der Waals surface area contributed by atoms with Crippen LogP contribution >= 0.6 is 0 Å². The average molecular weight is 870 g/mol. The molecule has 2 aliphatic carbocycles. The minimum atomic E-state index is -4.92. The number of amides is 4. The molecule has 1 unspecified atom stereocenters. The minimum absolute atomic E-state index is 0.000607. The number of sulfonamides is 1. The summed E-state index contributed by atoms with van der Waals surface area (Å²) in [6, 6.07) is 1.31. The van der Waals surface area contributed by atoms with Gasteiger partial charge in [0.15, 0.2) is 0 Å². The summed E-state index contributed by atoms with van der Waals surface area (Å²) in [6.45, 7) is 6.30. The van der Waals surface area contributed by atoms with Gasteiger partial charge < -0.3 is 30.2 Å². The molecule has 19 heteroatoms. The van der Waals surface area contributed by atoms with Gasteiger partial charge in [0.05, 0.1) is 23.8 Å². The van der Waals surface area contributed by atoms with Gasteiger partial charge in [0.1, 0.15) is 29.8 Å². The van der Waals surface area contributed by atoms with Crippen molar-refractivity contribution in [3.05, 3.63) is 42.4 Å². The third kappa shape index (κ3) is 10.6. The van der Waals surface area contributed by atoms with Crippen molar-refractivity contribution >= 4 is 44.6 Å². The number of nitrogens with one attached hydrogen (secondary N) is 2. The summed E-state index contributed by atoms with van der Waals surface area (Å²) in [5, 5.41) is 3.09. The second-order valence-electron chi connectivity index (χ2n) is 17.2. The molecule has 4 amide bonds. The van der Waals surface area contributed by atoms with E-state index in [9.17, 15) is 45.2 Å². The standard InChI is InChI=1S/C41H55F4N5O9S/c1-23(10-7-8-11-25-12-9-13-28(25)35(52)49-60(55,56)40(5)15-16-40)18-24(2)33(48-38(54)59-39(3,4)41(43,44)45)37(53)50-22-27(21-31(50)34(46)51)58-36-30-19-26(42)20-32(57-6)29(30)14-17-47-36/h8,11,14,17,19-20,23-25,27-28,31,33H,7,9-10,12-13,15-16,18,21-22H2,1-6H3,(H2,46,51)(H,48,54)(H,49,52)/b11-8-/t23-,24-,25-,27-,28?,31+,33+/m1/s1. The normalized spacial score (nSPS) is 23.2. The minimum Gasteiger partial charge on any atom is -0.496 e. The molecule has 2 saturated carbocycles. The number of carbonyl (C=O) groups excluding carboxylic acids is 4. The van der Waals surface area contributed by atoms with Gasteiger partial charge in [0, 0.05) is 30.0 Å². The van der Waals surface area contributed by atoms with Gasteiger partial charge >= 0.3 is 12.3 Å². The van der Waals surface area contributed by atoms with E-state index >= 15 is 0 Å². The first-order valence-corrected chi connectivity index (χ1v) is 21.6. The fraction of sp³-hybridized carbons (Fsp3) is 0.634. The predicted molar refractivity (Wildman–Crippen MR) is 212 cm³/mol. The quantitative estimate of drug-likeness (QED) is 0.124. The number of likely N-dealkylation sites (tertiary alicyclic amines) is 1. The van der Waals surface area contributed by atoms with E-state index in [4.69, 9.17) is 19.9 Å². The molecule has 7 atom stereocenters. The van der Waals surface area contributed by atoms with Crippen molar-refractivity contribution in [1.82, 2.24) is 19.9 Å². The van der Waals surface area contributed by atoms with E-state index in [-0.39, 0.29) is 41.8 Å². The van der Waals surface area contributed by atoms with E-state index in [0.717, 1.165) is 17.7 Å². The number of hydrogen-bond donors (Lipinski definition) is 3. The van der Waals surface area contributed by atoms with Crippen molar-refractivity contribution in [3.8, 4) is 11.6 Å². The Labute approximate surface area is 347 Å². The number of methoxy groups -OCH3 is 1. The van der Waals surface area contributed by atoms with Crippen LogP contribution in [0.1, 0.15) is 92.4 Å². The molecule has 4 N–H and O–H groups in total. The van der Waals surface area contributed by atoms with Crippen LogP contribution in [-0.4, -0.2) is 90.5 Å². The summed E-state index contributed by atoms with van der Waals surface area (Å²) in [5.74, 6) is -3.96. The van der Waals surface area contributed by atoms with Gasteiger partial charge in [0.2, 0.25) is 39.2 Å². The van der Waals surface area contributed by atoms with Crippen LogP contribution in [0.5, 0.6) is 11.6 Å². The summed E-state index contributed by atoms with van der Waals surface area (Å²) >= 11 is 0. The van der Waals surface area contributed by atoms with Crippen LogP contribution in [-0.2, 0) is 29.1 Å². The average Bonchev–Trinajstić information content (AvgIpc) is 3.54. The second kappa shape index (κ2) is 18.1. The molecular weight excluding hydrogens is 815 g/mol. The third-order valence-electron chi connectivity index (χ3n) is 12.0. The topological polar surface area (TPSA) is 196 Å². The van der Waals surface area contributed by atoms with E-state index in [0.29, 0.717) is 57.8 Å². The van der Waals surface area contributed by atoms with Crippen LogP contribution in [0.3, 0.4) is 0 Å². The molecule has 1 aliphatic heterocycles. The van der Waals surface area contributed by atoms with E-state index in [1.807, 2.05) is 19.1 Å². The number of aromatic nitrogens is 1. The number of halogens is 4. The first-order chi connectivity index (χ1) is 28.0. The Morgan fingerprint density at radius 1 is 1.12 bits per heavy atom. The number of pyridine rings is 1. The van der Waals surface area contributed by atoms with Gasteiger partial charge in [-0.2, -0.15) is 13.2 Å². The maximum atomic E-state index is 14.5. The molecule has 1 saturated heterocycles. The van der Waals surface area contributed by atoms with Crippen LogP contribution in [0, 0.1) is 29.5 Å². The van der Waals surface area contributed by atoms with Gasteiger partial charge in [-0.25, -0.2) is 22.6 Å². The molecule has 60 heavy (non-hydrogen) atoms. The van der Waals surface area contributed by atoms with Gasteiger partial charge in [-0.05, 0) is 95.6 Å². The zero-order valence-electron chi connectivity index (χ0n) is 34.6. The van der Waals surface area contributed by atoms with Gasteiger partial charge in [-0.15, -0.1) is 0 Å². The first-order valence-electron chi connectivity index (χ1n) is 20.1. The highest BCUT2D eigenvalue weighted by Crippen LogP contribution is 2.43. The van der Waals surface area contributed by atoms with E-state index in [2.05, 4.69) is 15.0 Å². The zero-order valence-corrected chi connectivity index (χ0v) is 35.5. The molecule has 0 spiro atoms. The first kappa shape index (κ1) is 46.4. The Morgan fingerprint density at radius 2 is 1.82 bits per heavy atom. The number of primary amides is 1. The van der Waals surface area contributed by atoms with Crippen molar-refractivity contribution in [2.24, 2.45) is 29.4 Å². The number of ether oxygens (including phenoxy) is 3. The highest BCUT2D eigenvalue weighted by molar-refractivity contribution is 7.91. The van der Waals surface area contributed by atoms with Crippen LogP contribution in [0.15, 0.2) is 36.5 Å². The van der Waals surface area contributed by atoms with Gasteiger partial charge in [-0.3, -0.25) is 19.1 Å². The Kier molecular flexibility index (Phi) is 14.0. The van der Waals surface area contributed by atoms with Crippen molar-refractivity contribution in [3.63, 3.8) is 0 Å². The van der Waals surface area contributed by atoms with Crippen molar-refractivity contribution < 1.29 is 59.4 Å².